The lowest BCUT2D eigenvalue weighted by atomic mass is 10.1. The molecule has 2 aliphatic heterocycles. The van der Waals surface area contributed by atoms with Crippen molar-refractivity contribution in [3.8, 4) is 11.6 Å². The number of hydrogen-bond donors (Lipinski definition) is 1. The first-order chi connectivity index (χ1) is 15.4. The fourth-order valence-electron chi connectivity index (χ4n) is 3.83. The summed E-state index contributed by atoms with van der Waals surface area (Å²) in [5.41, 5.74) is 2.15. The van der Waals surface area contributed by atoms with Crippen molar-refractivity contribution in [1.82, 2.24) is 15.2 Å². The molecule has 0 spiro atoms. The van der Waals surface area contributed by atoms with Crippen LogP contribution in [0.2, 0.25) is 0 Å². The van der Waals surface area contributed by atoms with Gasteiger partial charge in [0.05, 0.1) is 0 Å². The van der Waals surface area contributed by atoms with E-state index in [0.717, 1.165) is 5.56 Å². The maximum absolute atomic E-state index is 14.6. The summed E-state index contributed by atoms with van der Waals surface area (Å²) in [6.45, 7) is 0.546. The Hall–Kier alpha value is -2.88. The number of hydrogen-bond acceptors (Lipinski definition) is 5. The van der Waals surface area contributed by atoms with Crippen molar-refractivity contribution in [2.24, 2.45) is 0 Å². The Morgan fingerprint density at radius 2 is 2.06 bits per heavy atom. The first-order valence-electron chi connectivity index (χ1n) is 9.95. The van der Waals surface area contributed by atoms with Crippen molar-refractivity contribution in [3.05, 3.63) is 87.0 Å². The molecule has 5 rings (SSSR count). The zero-order valence-electron chi connectivity index (χ0n) is 16.9. The average molecular weight is 502 g/mol. The SMILES string of the molecule is CNC1OC1c1ccc(CN2Cc3ccnc(Oc4ccc(Br)cc4F)c3C2=O)cc1F. The molecule has 2 atom stereocenters. The van der Waals surface area contributed by atoms with Gasteiger partial charge in [0.15, 0.2) is 11.6 Å². The molecule has 0 saturated carbocycles. The number of pyridine rings is 1. The van der Waals surface area contributed by atoms with Crippen LogP contribution >= 0.6 is 15.9 Å². The predicted molar refractivity (Wildman–Crippen MR) is 115 cm³/mol. The Balaban J connectivity index is 1.35. The number of benzene rings is 2. The summed E-state index contributed by atoms with van der Waals surface area (Å²) in [4.78, 5) is 18.8. The maximum Gasteiger partial charge on any atom is 0.260 e. The first-order valence-corrected chi connectivity index (χ1v) is 10.7. The van der Waals surface area contributed by atoms with Crippen LogP contribution in [0.3, 0.4) is 0 Å². The molecule has 3 heterocycles. The highest BCUT2D eigenvalue weighted by Crippen LogP contribution is 2.38. The number of carbonyl (C=O) groups excluding carboxylic acids is 1. The van der Waals surface area contributed by atoms with Gasteiger partial charge in [0.1, 0.15) is 23.7 Å². The van der Waals surface area contributed by atoms with Crippen LogP contribution < -0.4 is 10.1 Å². The number of ether oxygens (including phenoxy) is 2. The van der Waals surface area contributed by atoms with Gasteiger partial charge in [-0.3, -0.25) is 10.1 Å². The lowest BCUT2D eigenvalue weighted by Crippen LogP contribution is -2.23. The number of rotatable bonds is 6. The minimum absolute atomic E-state index is 0.0276. The normalized spacial score (nSPS) is 19.2. The van der Waals surface area contributed by atoms with Gasteiger partial charge in [-0.15, -0.1) is 0 Å². The Morgan fingerprint density at radius 3 is 2.78 bits per heavy atom. The standard InChI is InChI=1S/C23H18BrF2N3O3/c1-27-22-20(32-22)15-4-2-12(8-16(15)25)10-29-11-13-6-7-28-21(19(13)23(29)30)31-18-5-3-14(24)9-17(18)26/h2-9,20,22,27H,10-11H2,1H3. The molecule has 2 aromatic carbocycles. The summed E-state index contributed by atoms with van der Waals surface area (Å²) >= 11 is 3.20. The van der Waals surface area contributed by atoms with E-state index in [0.29, 0.717) is 22.1 Å². The van der Waals surface area contributed by atoms with E-state index in [4.69, 9.17) is 9.47 Å². The number of fused-ring (bicyclic) bond motifs is 1. The summed E-state index contributed by atoms with van der Waals surface area (Å²) in [5.74, 6) is -1.23. The van der Waals surface area contributed by atoms with E-state index >= 15 is 0 Å². The van der Waals surface area contributed by atoms with Crippen LogP contribution in [0.15, 0.2) is 53.1 Å². The third-order valence-electron chi connectivity index (χ3n) is 5.49. The number of nitrogens with zero attached hydrogens (tertiary/aromatic N) is 2. The molecule has 1 amide bonds. The lowest BCUT2D eigenvalue weighted by molar-refractivity contribution is 0.0764. The molecule has 2 unspecified atom stereocenters. The van der Waals surface area contributed by atoms with Crippen molar-refractivity contribution in [3.63, 3.8) is 0 Å². The van der Waals surface area contributed by atoms with Crippen LogP contribution in [-0.2, 0) is 17.8 Å². The van der Waals surface area contributed by atoms with Crippen molar-refractivity contribution in [2.45, 2.75) is 25.4 Å². The molecule has 2 aliphatic rings. The number of carbonyl (C=O) groups is 1. The highest BCUT2D eigenvalue weighted by molar-refractivity contribution is 9.10. The van der Waals surface area contributed by atoms with Gasteiger partial charge in [0.25, 0.3) is 5.91 Å². The van der Waals surface area contributed by atoms with Crippen LogP contribution in [0.1, 0.15) is 33.2 Å². The molecule has 0 bridgehead atoms. The van der Waals surface area contributed by atoms with Gasteiger partial charge in [0.2, 0.25) is 5.88 Å². The number of aromatic nitrogens is 1. The van der Waals surface area contributed by atoms with Gasteiger partial charge in [-0.25, -0.2) is 13.8 Å². The largest absolute Gasteiger partial charge is 0.435 e. The Labute approximate surface area is 191 Å². The van der Waals surface area contributed by atoms with E-state index in [2.05, 4.69) is 26.2 Å². The molecule has 1 aromatic heterocycles. The fraction of sp³-hybridized carbons (Fsp3) is 0.217. The third-order valence-corrected chi connectivity index (χ3v) is 5.98. The van der Waals surface area contributed by atoms with Gasteiger partial charge in [-0.1, -0.05) is 28.1 Å². The molecule has 0 radical (unpaired) electrons. The Bertz CT molecular complexity index is 1220. The topological polar surface area (TPSA) is 67.0 Å². The molecule has 0 aliphatic carbocycles. The summed E-state index contributed by atoms with van der Waals surface area (Å²) in [7, 11) is 1.76. The molecule has 3 aromatic rings. The molecule has 32 heavy (non-hydrogen) atoms. The van der Waals surface area contributed by atoms with Gasteiger partial charge in [-0.2, -0.15) is 0 Å². The highest BCUT2D eigenvalue weighted by Gasteiger charge is 2.40. The minimum atomic E-state index is -0.572. The van der Waals surface area contributed by atoms with E-state index < -0.39 is 5.82 Å². The molecule has 6 nitrogen and oxygen atoms in total. The minimum Gasteiger partial charge on any atom is -0.435 e. The molecule has 9 heteroatoms. The number of amides is 1. The van der Waals surface area contributed by atoms with E-state index in [-0.39, 0.29) is 47.8 Å². The van der Waals surface area contributed by atoms with E-state index in [1.54, 1.807) is 36.2 Å². The quantitative estimate of drug-likeness (QED) is 0.496. The van der Waals surface area contributed by atoms with Crippen molar-refractivity contribution >= 4 is 21.8 Å². The Morgan fingerprint density at radius 1 is 1.22 bits per heavy atom. The van der Waals surface area contributed by atoms with E-state index in [9.17, 15) is 13.6 Å². The lowest BCUT2D eigenvalue weighted by Gasteiger charge is -2.16. The van der Waals surface area contributed by atoms with Gasteiger partial charge in [0, 0.05) is 29.3 Å². The van der Waals surface area contributed by atoms with E-state index in [1.807, 2.05) is 0 Å². The third kappa shape index (κ3) is 3.87. The predicted octanol–water partition coefficient (Wildman–Crippen LogP) is 4.69. The molecule has 1 N–H and O–H groups in total. The zero-order valence-corrected chi connectivity index (χ0v) is 18.5. The second-order valence-corrected chi connectivity index (χ2v) is 8.53. The fourth-order valence-corrected chi connectivity index (χ4v) is 4.17. The summed E-state index contributed by atoms with van der Waals surface area (Å²) in [5, 5.41) is 2.95. The van der Waals surface area contributed by atoms with Crippen molar-refractivity contribution < 1.29 is 23.0 Å². The van der Waals surface area contributed by atoms with Crippen LogP contribution in [0.4, 0.5) is 8.78 Å². The van der Waals surface area contributed by atoms with Crippen LogP contribution in [0, 0.1) is 11.6 Å². The summed E-state index contributed by atoms with van der Waals surface area (Å²) in [6.07, 6.45) is 1.05. The number of likely N-dealkylation sites (N-methyl/N-ethyl adjacent to an activating group) is 1. The molecule has 1 saturated heterocycles. The van der Waals surface area contributed by atoms with Crippen molar-refractivity contribution in [2.75, 3.05) is 7.05 Å². The summed E-state index contributed by atoms with van der Waals surface area (Å²) < 4.78 is 40.4. The average Bonchev–Trinajstić information content (AvgIpc) is 3.48. The van der Waals surface area contributed by atoms with E-state index in [1.165, 1.54) is 24.4 Å². The molecular formula is C23H18BrF2N3O3. The maximum atomic E-state index is 14.6. The van der Waals surface area contributed by atoms with Gasteiger partial charge in [-0.05, 0) is 48.5 Å². The van der Waals surface area contributed by atoms with Gasteiger partial charge >= 0.3 is 0 Å². The number of nitrogens with one attached hydrogen (secondary N) is 1. The highest BCUT2D eigenvalue weighted by atomic mass is 79.9. The van der Waals surface area contributed by atoms with Crippen LogP contribution in [0.25, 0.3) is 0 Å². The smallest absolute Gasteiger partial charge is 0.260 e. The molecule has 1 fully saturated rings. The van der Waals surface area contributed by atoms with Crippen LogP contribution in [-0.4, -0.2) is 29.1 Å². The first kappa shape index (κ1) is 21.0. The second-order valence-electron chi connectivity index (χ2n) is 7.61. The molecule has 164 valence electrons. The second kappa shape index (κ2) is 8.23. The Kier molecular flexibility index (Phi) is 5.40. The summed E-state index contributed by atoms with van der Waals surface area (Å²) in [6, 6.07) is 11.0. The van der Waals surface area contributed by atoms with Crippen molar-refractivity contribution in [1.29, 1.82) is 0 Å². The van der Waals surface area contributed by atoms with Crippen LogP contribution in [0.5, 0.6) is 11.6 Å². The number of halogens is 3. The molecular weight excluding hydrogens is 484 g/mol. The monoisotopic (exact) mass is 501 g/mol. The number of epoxide rings is 1. The zero-order chi connectivity index (χ0) is 22.4. The van der Waals surface area contributed by atoms with Gasteiger partial charge < -0.3 is 14.4 Å².